The van der Waals surface area contributed by atoms with Gasteiger partial charge in [0.2, 0.25) is 0 Å². The number of rotatable bonds is 6. The summed E-state index contributed by atoms with van der Waals surface area (Å²) in [6.07, 6.45) is 7.48. The van der Waals surface area contributed by atoms with Crippen LogP contribution >= 0.6 is 0 Å². The van der Waals surface area contributed by atoms with Gasteiger partial charge in [0, 0.05) is 37.5 Å². The van der Waals surface area contributed by atoms with Crippen LogP contribution in [0.2, 0.25) is 0 Å². The number of aliphatic imine (C=N–C) groups is 1. The van der Waals surface area contributed by atoms with Gasteiger partial charge in [-0.15, -0.1) is 0 Å². The van der Waals surface area contributed by atoms with Gasteiger partial charge in [-0.2, -0.15) is 0 Å². The molecule has 6 heteroatoms. The Hall–Kier alpha value is -3.41. The van der Waals surface area contributed by atoms with Gasteiger partial charge in [0.15, 0.2) is 0 Å². The number of nitrogens with zero attached hydrogens (tertiary/aromatic N) is 3. The van der Waals surface area contributed by atoms with E-state index in [0.29, 0.717) is 17.3 Å². The Morgan fingerprint density at radius 2 is 1.65 bits per heavy atom. The van der Waals surface area contributed by atoms with Crippen molar-refractivity contribution >= 4 is 24.3 Å². The fourth-order valence-electron chi connectivity index (χ4n) is 4.04. The van der Waals surface area contributed by atoms with E-state index in [-0.39, 0.29) is 11.9 Å². The molecule has 0 bridgehead atoms. The Morgan fingerprint density at radius 1 is 1.06 bits per heavy atom. The van der Waals surface area contributed by atoms with Gasteiger partial charge >= 0.3 is 6.03 Å². The molecule has 162 valence electrons. The zero-order valence-corrected chi connectivity index (χ0v) is 18.3. The number of carbonyl (C=O) groups excluding carboxylic acids is 1. The van der Waals surface area contributed by atoms with E-state index in [1.807, 2.05) is 60.5 Å². The quantitative estimate of drug-likeness (QED) is 0.514. The molecular weight excluding hydrogens is 386 g/mol. The Morgan fingerprint density at radius 3 is 2.23 bits per heavy atom. The lowest BCUT2D eigenvalue weighted by Gasteiger charge is -2.33. The van der Waals surface area contributed by atoms with Gasteiger partial charge < -0.3 is 15.5 Å². The number of benzene rings is 2. The smallest absolute Gasteiger partial charge is 0.323 e. The second-order valence-corrected chi connectivity index (χ2v) is 8.04. The first-order chi connectivity index (χ1) is 14.9. The van der Waals surface area contributed by atoms with Crippen molar-refractivity contribution in [3.63, 3.8) is 0 Å². The van der Waals surface area contributed by atoms with Crippen molar-refractivity contribution in [2.45, 2.75) is 38.1 Å². The van der Waals surface area contributed by atoms with Crippen molar-refractivity contribution in [3.05, 3.63) is 65.9 Å². The van der Waals surface area contributed by atoms with Gasteiger partial charge in [0.1, 0.15) is 5.84 Å². The molecule has 0 saturated heterocycles. The standard InChI is InChI=1S/C25H31N5O/c1-28-23(17-29(2)25(31)30(3)22-13-5-4-6-14-22)20-11-7-9-18(15-20)19-10-8-12-21(16-19)24(26)27/h7-12,15-17,22H,1,4-6,13-14H2,2-3H3,(H3,26,27)/b23-17-. The molecular formula is C25H31N5O. The van der Waals surface area contributed by atoms with Crippen LogP contribution in [0, 0.1) is 5.41 Å². The summed E-state index contributed by atoms with van der Waals surface area (Å²) in [5, 5.41) is 7.66. The third-order valence-corrected chi connectivity index (χ3v) is 5.88. The molecule has 3 rings (SSSR count). The molecule has 31 heavy (non-hydrogen) atoms. The first-order valence-electron chi connectivity index (χ1n) is 10.6. The number of nitrogens with two attached hydrogens (primary N) is 1. The summed E-state index contributed by atoms with van der Waals surface area (Å²) in [7, 11) is 3.64. The van der Waals surface area contributed by atoms with E-state index in [1.165, 1.54) is 19.3 Å². The van der Waals surface area contributed by atoms with Crippen molar-refractivity contribution in [2.75, 3.05) is 14.1 Å². The highest BCUT2D eigenvalue weighted by Crippen LogP contribution is 2.26. The van der Waals surface area contributed by atoms with E-state index in [9.17, 15) is 4.79 Å². The van der Waals surface area contributed by atoms with Gasteiger partial charge in [-0.1, -0.05) is 55.7 Å². The minimum absolute atomic E-state index is 0.0357. The molecule has 3 N–H and O–H groups in total. The highest BCUT2D eigenvalue weighted by Gasteiger charge is 2.24. The highest BCUT2D eigenvalue weighted by molar-refractivity contribution is 5.96. The van der Waals surface area contributed by atoms with Crippen molar-refractivity contribution < 1.29 is 4.79 Å². The Labute approximate surface area is 184 Å². The van der Waals surface area contributed by atoms with E-state index in [2.05, 4.69) is 11.7 Å². The summed E-state index contributed by atoms with van der Waals surface area (Å²) in [6, 6.07) is 15.7. The Balaban J connectivity index is 1.83. The molecule has 0 aliphatic heterocycles. The highest BCUT2D eigenvalue weighted by atomic mass is 16.2. The summed E-state index contributed by atoms with van der Waals surface area (Å²) in [5.74, 6) is 0.0357. The summed E-state index contributed by atoms with van der Waals surface area (Å²) < 4.78 is 0. The molecule has 1 fully saturated rings. The summed E-state index contributed by atoms with van der Waals surface area (Å²) in [5.41, 5.74) is 9.73. The SMILES string of the molecule is C=N/C(=C\N(C)C(=O)N(C)C1CCCCC1)c1cccc(-c2cccc(C(=N)N)c2)c1. The van der Waals surface area contributed by atoms with Crippen LogP contribution < -0.4 is 5.73 Å². The van der Waals surface area contributed by atoms with E-state index >= 15 is 0 Å². The summed E-state index contributed by atoms with van der Waals surface area (Å²) >= 11 is 0. The molecule has 1 saturated carbocycles. The third-order valence-electron chi connectivity index (χ3n) is 5.88. The zero-order valence-electron chi connectivity index (χ0n) is 18.3. The average Bonchev–Trinajstić information content (AvgIpc) is 2.82. The van der Waals surface area contributed by atoms with Crippen LogP contribution in [0.25, 0.3) is 16.8 Å². The first kappa shape index (κ1) is 22.3. The van der Waals surface area contributed by atoms with E-state index in [0.717, 1.165) is 29.5 Å². The summed E-state index contributed by atoms with van der Waals surface area (Å²) in [6.45, 7) is 3.71. The monoisotopic (exact) mass is 417 g/mol. The number of amidine groups is 1. The number of hydrogen-bond acceptors (Lipinski definition) is 3. The van der Waals surface area contributed by atoms with Crippen LogP contribution in [0.4, 0.5) is 4.79 Å². The van der Waals surface area contributed by atoms with Crippen LogP contribution in [-0.4, -0.2) is 48.5 Å². The Bertz CT molecular complexity index is 991. The largest absolute Gasteiger partial charge is 0.384 e. The van der Waals surface area contributed by atoms with Gasteiger partial charge in [-0.05, 0) is 42.8 Å². The maximum absolute atomic E-state index is 12.9. The number of nitrogen functional groups attached to an aromatic ring is 1. The minimum atomic E-state index is -0.0432. The van der Waals surface area contributed by atoms with Gasteiger partial charge in [-0.3, -0.25) is 10.4 Å². The van der Waals surface area contributed by atoms with E-state index < -0.39 is 0 Å². The molecule has 0 unspecified atom stereocenters. The molecule has 2 aromatic rings. The number of amides is 2. The predicted molar refractivity (Wildman–Crippen MR) is 128 cm³/mol. The average molecular weight is 418 g/mol. The minimum Gasteiger partial charge on any atom is -0.384 e. The second-order valence-electron chi connectivity index (χ2n) is 8.04. The fraction of sp³-hybridized carbons (Fsp3) is 0.320. The molecule has 1 aliphatic carbocycles. The number of nitrogens with one attached hydrogen (secondary N) is 1. The van der Waals surface area contributed by atoms with Crippen molar-refractivity contribution in [1.29, 1.82) is 5.41 Å². The van der Waals surface area contributed by atoms with Crippen LogP contribution in [0.15, 0.2) is 59.7 Å². The Kier molecular flexibility index (Phi) is 7.23. The lowest BCUT2D eigenvalue weighted by Crippen LogP contribution is -2.43. The molecule has 6 nitrogen and oxygen atoms in total. The number of carbonyl (C=O) groups is 1. The van der Waals surface area contributed by atoms with Crippen LogP contribution in [0.5, 0.6) is 0 Å². The van der Waals surface area contributed by atoms with E-state index in [4.69, 9.17) is 11.1 Å². The molecule has 0 atom stereocenters. The third kappa shape index (κ3) is 5.40. The van der Waals surface area contributed by atoms with Gasteiger partial charge in [0.05, 0.1) is 5.70 Å². The van der Waals surface area contributed by atoms with E-state index in [1.54, 1.807) is 18.1 Å². The van der Waals surface area contributed by atoms with Gasteiger partial charge in [-0.25, -0.2) is 4.79 Å². The lowest BCUT2D eigenvalue weighted by molar-refractivity contribution is 0.154. The molecule has 0 aromatic heterocycles. The lowest BCUT2D eigenvalue weighted by atomic mass is 9.95. The first-order valence-corrected chi connectivity index (χ1v) is 10.6. The fourth-order valence-corrected chi connectivity index (χ4v) is 4.04. The maximum atomic E-state index is 12.9. The molecule has 2 amide bonds. The molecule has 0 radical (unpaired) electrons. The number of urea groups is 1. The topological polar surface area (TPSA) is 85.8 Å². The zero-order chi connectivity index (χ0) is 22.4. The van der Waals surface area contributed by atoms with Crippen LogP contribution in [0.1, 0.15) is 43.2 Å². The number of hydrogen-bond donors (Lipinski definition) is 2. The van der Waals surface area contributed by atoms with Crippen molar-refractivity contribution in [3.8, 4) is 11.1 Å². The molecule has 0 heterocycles. The van der Waals surface area contributed by atoms with Crippen molar-refractivity contribution in [2.24, 2.45) is 10.7 Å². The van der Waals surface area contributed by atoms with Gasteiger partial charge in [0.25, 0.3) is 0 Å². The normalized spacial score (nSPS) is 14.7. The predicted octanol–water partition coefficient (Wildman–Crippen LogP) is 4.95. The molecule has 1 aliphatic rings. The summed E-state index contributed by atoms with van der Waals surface area (Å²) in [4.78, 5) is 20.5. The molecule has 2 aromatic carbocycles. The maximum Gasteiger partial charge on any atom is 0.323 e. The second kappa shape index (κ2) is 10.1. The molecule has 0 spiro atoms. The van der Waals surface area contributed by atoms with Crippen LogP contribution in [-0.2, 0) is 0 Å². The van der Waals surface area contributed by atoms with Crippen molar-refractivity contribution in [1.82, 2.24) is 9.80 Å². The van der Waals surface area contributed by atoms with Crippen LogP contribution in [0.3, 0.4) is 0 Å².